The summed E-state index contributed by atoms with van der Waals surface area (Å²) in [5.41, 5.74) is -1.93. The maximum absolute atomic E-state index is 11.1. The number of hydrogen-bond acceptors (Lipinski definition) is 18. The highest BCUT2D eigenvalue weighted by Crippen LogP contribution is 2.37. The van der Waals surface area contributed by atoms with Crippen LogP contribution in [0.3, 0.4) is 0 Å². The van der Waals surface area contributed by atoms with Gasteiger partial charge in [0.15, 0.2) is 22.7 Å². The van der Waals surface area contributed by atoms with Crippen molar-refractivity contribution in [1.82, 2.24) is 0 Å². The highest BCUT2D eigenvalue weighted by Gasteiger charge is 2.54. The Labute approximate surface area is 340 Å². The highest BCUT2D eigenvalue weighted by molar-refractivity contribution is 6.04. The molecule has 324 valence electrons. The Kier molecular flexibility index (Phi) is 18.2. The number of aliphatic hydroxyl groups excluding tert-OH is 4. The molecule has 20 heteroatoms. The minimum Gasteiger partial charge on any atom is -0.870 e. The number of fused-ring (bicyclic) bond motifs is 2. The average molecular weight is 841 g/mol. The topological polar surface area (TPSA) is 386 Å². The fraction of sp³-hybridized carbons (Fsp3) is 0.325. The van der Waals surface area contributed by atoms with Gasteiger partial charge in [-0.15, -0.1) is 0 Å². The third kappa shape index (κ3) is 14.4. The van der Waals surface area contributed by atoms with Crippen molar-refractivity contribution in [2.24, 2.45) is 0 Å². The molecule has 1 heterocycles. The van der Waals surface area contributed by atoms with E-state index < -0.39 is 102 Å². The third-order valence-electron chi connectivity index (χ3n) is 8.75. The van der Waals surface area contributed by atoms with Gasteiger partial charge < -0.3 is 71.1 Å². The fourth-order valence-electron chi connectivity index (χ4n) is 5.48. The van der Waals surface area contributed by atoms with Gasteiger partial charge in [0.05, 0.1) is 6.10 Å². The first-order valence-corrected chi connectivity index (χ1v) is 17.4. The van der Waals surface area contributed by atoms with E-state index in [1.54, 1.807) is 18.1 Å². The van der Waals surface area contributed by atoms with Gasteiger partial charge in [0.2, 0.25) is 5.78 Å². The molecule has 0 radical (unpaired) electrons. The zero-order valence-corrected chi connectivity index (χ0v) is 31.4. The zero-order chi connectivity index (χ0) is 45.5. The van der Waals surface area contributed by atoms with Crippen LogP contribution in [0, 0.1) is 0 Å². The highest BCUT2D eigenvalue weighted by atomic mass is 16.6. The van der Waals surface area contributed by atoms with Crippen LogP contribution in [0.2, 0.25) is 0 Å². The summed E-state index contributed by atoms with van der Waals surface area (Å²) >= 11 is 0. The van der Waals surface area contributed by atoms with Gasteiger partial charge in [0.25, 0.3) is 0 Å². The molecule has 6 atom stereocenters. The molecule has 2 saturated carbocycles. The Morgan fingerprint density at radius 2 is 1.42 bits per heavy atom. The largest absolute Gasteiger partial charge is 0.870 e. The zero-order valence-electron chi connectivity index (χ0n) is 31.4. The number of carbonyl (C=O) groups is 5. The van der Waals surface area contributed by atoms with Crippen molar-refractivity contribution in [2.45, 2.75) is 80.4 Å². The number of ketones is 2. The number of phenolic OH excluding ortho intramolecular Hbond substituents is 1. The maximum atomic E-state index is 11.1. The van der Waals surface area contributed by atoms with Gasteiger partial charge in [-0.25, -0.2) is 19.2 Å². The Morgan fingerprint density at radius 3 is 1.93 bits per heavy atom. The van der Waals surface area contributed by atoms with Crippen LogP contribution in [-0.4, -0.2) is 129 Å². The fourth-order valence-corrected chi connectivity index (χ4v) is 5.48. The number of esters is 1. The Bertz CT molecular complexity index is 2040. The number of carboxylic acid groups (broad SMARTS) is 2. The summed E-state index contributed by atoms with van der Waals surface area (Å²) in [6, 6.07) is 3.82. The standard InChI is InChI=1S/C9H8O4.C9H6O3.C8H8O2.C7H11O6.C7H9O5/c10-7-3-1-6(5-8(7)11)2-4-9(12)13;10-5-1-2-7-3-4-8(11)9(12)6-7;1-2-6-3-4-7(9)8(10)5-6;8-3-1-7(13,6(11)12)2-4(9)5(3)10;8-3-1-7(11)2-4(5(3)9)12-6(7)10/h1-5,10-11H,(H,12,13);1-4,6,12H;2-5,10H,1H3;3-5,8-9,13H,1-2H2,(H,11,12);3-5,8,11H,1-2H2/q;;;2*-1/p-2/b4-2+;7-2+;6-2+;;. The molecule has 3 fully saturated rings. The number of carbonyl (C=O) groups excluding carboxylic acids is 4. The minimum atomic E-state index is -2.18. The Balaban J connectivity index is 0.000000259. The van der Waals surface area contributed by atoms with Crippen LogP contribution in [0.15, 0.2) is 102 Å². The molecule has 2 bridgehead atoms. The lowest BCUT2D eigenvalue weighted by Crippen LogP contribution is -2.60. The summed E-state index contributed by atoms with van der Waals surface area (Å²) in [5.74, 6) is -4.30. The van der Waals surface area contributed by atoms with E-state index >= 15 is 0 Å². The van der Waals surface area contributed by atoms with Gasteiger partial charge in [-0.1, -0.05) is 60.2 Å². The molecule has 4 aliphatic carbocycles. The van der Waals surface area contributed by atoms with Crippen molar-refractivity contribution in [3.8, 4) is 11.5 Å². The number of aliphatic carboxylic acids is 2. The third-order valence-corrected chi connectivity index (χ3v) is 8.75. The van der Waals surface area contributed by atoms with Gasteiger partial charge in [0, 0.05) is 56.1 Å². The molecule has 60 heavy (non-hydrogen) atoms. The molecule has 1 aliphatic heterocycles. The molecule has 6 rings (SSSR count). The van der Waals surface area contributed by atoms with E-state index in [2.05, 4.69) is 4.74 Å². The van der Waals surface area contributed by atoms with Gasteiger partial charge in [-0.3, -0.25) is 9.59 Å². The van der Waals surface area contributed by atoms with E-state index in [0.717, 1.165) is 11.6 Å². The summed E-state index contributed by atoms with van der Waals surface area (Å²) in [5, 5.41) is 124. The van der Waals surface area contributed by atoms with Crippen LogP contribution in [0.1, 0.15) is 38.2 Å². The first-order valence-electron chi connectivity index (χ1n) is 17.4. The number of phenols is 1. The average Bonchev–Trinajstić information content (AvgIpc) is 3.45. The van der Waals surface area contributed by atoms with Crippen LogP contribution in [0.4, 0.5) is 0 Å². The Hall–Kier alpha value is -6.48. The molecular formula is C40H40O20-4. The second kappa shape index (κ2) is 22.0. The van der Waals surface area contributed by atoms with Gasteiger partial charge in [-0.05, 0) is 60.1 Å². The molecule has 1 saturated heterocycles. The number of allylic oxidation sites excluding steroid dienone is 11. The van der Waals surface area contributed by atoms with Crippen LogP contribution in [-0.2, 0) is 33.5 Å². The van der Waals surface area contributed by atoms with E-state index in [0.29, 0.717) is 11.1 Å². The lowest BCUT2D eigenvalue weighted by atomic mass is 9.80. The maximum Gasteiger partial charge on any atom is 0.338 e. The predicted molar refractivity (Wildman–Crippen MR) is 195 cm³/mol. The molecule has 6 unspecified atom stereocenters. The number of rotatable bonds is 4. The molecule has 1 aromatic rings. The Morgan fingerprint density at radius 1 is 0.833 bits per heavy atom. The van der Waals surface area contributed by atoms with Crippen LogP contribution in [0.25, 0.3) is 6.08 Å². The SMILES string of the molecule is C/C=C1\C=CC(=O)C([O-])=C1.O=C(O)/C=C/c1ccc([O-])c(O)c1.O=C(O)C1(O)CC(O)C([O-])C(O)C1.O=C1OC2CC1(O)CC(O)C2[O-].O=C=C/C=C1\C=CC(=O)C(O)=C1. The summed E-state index contributed by atoms with van der Waals surface area (Å²) in [4.78, 5) is 62.6. The van der Waals surface area contributed by atoms with Crippen LogP contribution < -0.4 is 20.4 Å². The molecule has 0 spiro atoms. The molecule has 9 N–H and O–H groups in total. The molecule has 0 amide bonds. The number of benzene rings is 1. The van der Waals surface area contributed by atoms with E-state index in [-0.39, 0.29) is 24.4 Å². The molecule has 5 aliphatic rings. The van der Waals surface area contributed by atoms with Crippen molar-refractivity contribution >= 4 is 41.5 Å². The monoisotopic (exact) mass is 840 g/mol. The minimum absolute atomic E-state index is 0.0249. The summed E-state index contributed by atoms with van der Waals surface area (Å²) in [6.07, 6.45) is 5.63. The number of aliphatic hydroxyl groups is 6. The van der Waals surface area contributed by atoms with Gasteiger partial charge in [-0.2, -0.15) is 0 Å². The van der Waals surface area contributed by atoms with E-state index in [1.165, 1.54) is 66.8 Å². The molecule has 0 aromatic heterocycles. The van der Waals surface area contributed by atoms with Crippen LogP contribution in [0.5, 0.6) is 11.5 Å². The van der Waals surface area contributed by atoms with Crippen molar-refractivity contribution < 1.29 is 99.9 Å². The number of hydrogen-bond donors (Lipinski definition) is 9. The molecule has 1 aromatic carbocycles. The summed E-state index contributed by atoms with van der Waals surface area (Å²) in [6.45, 7) is 1.82. The second-order valence-electron chi connectivity index (χ2n) is 13.3. The van der Waals surface area contributed by atoms with Crippen molar-refractivity contribution in [2.75, 3.05) is 0 Å². The molecular weight excluding hydrogens is 800 g/mol. The first kappa shape index (κ1) is 49.7. The molecule has 20 nitrogen and oxygen atoms in total. The number of ether oxygens (including phenoxy) is 1. The van der Waals surface area contributed by atoms with Crippen molar-refractivity contribution in [1.29, 1.82) is 0 Å². The van der Waals surface area contributed by atoms with Gasteiger partial charge in [0.1, 0.15) is 11.7 Å². The van der Waals surface area contributed by atoms with E-state index in [9.17, 15) is 59.4 Å². The van der Waals surface area contributed by atoms with Crippen molar-refractivity contribution in [3.63, 3.8) is 0 Å². The normalized spacial score (nSPS) is 30.0. The van der Waals surface area contributed by atoms with E-state index in [4.69, 9.17) is 35.7 Å². The number of aromatic hydroxyl groups is 1. The quantitative estimate of drug-likeness (QED) is 0.0801. The lowest BCUT2D eigenvalue weighted by Gasteiger charge is -2.43. The summed E-state index contributed by atoms with van der Waals surface area (Å²) < 4.78 is 4.61. The van der Waals surface area contributed by atoms with E-state index in [1.807, 2.05) is 6.92 Å². The smallest absolute Gasteiger partial charge is 0.338 e. The predicted octanol–water partition coefficient (Wildman–Crippen LogP) is -3.67. The first-order chi connectivity index (χ1) is 28.0. The van der Waals surface area contributed by atoms with Crippen molar-refractivity contribution in [3.05, 3.63) is 107 Å². The summed E-state index contributed by atoms with van der Waals surface area (Å²) in [7, 11) is 0. The van der Waals surface area contributed by atoms with Crippen LogP contribution >= 0.6 is 0 Å². The second-order valence-corrected chi connectivity index (χ2v) is 13.3. The lowest BCUT2D eigenvalue weighted by molar-refractivity contribution is -0.463. The number of carboxylic acids is 2. The van der Waals surface area contributed by atoms with Gasteiger partial charge >= 0.3 is 17.9 Å².